The van der Waals surface area contributed by atoms with Gasteiger partial charge in [-0.2, -0.15) is 0 Å². The van der Waals surface area contributed by atoms with Crippen LogP contribution in [-0.4, -0.2) is 30.6 Å². The molecule has 1 aromatic heterocycles. The van der Waals surface area contributed by atoms with E-state index >= 15 is 0 Å². The van der Waals surface area contributed by atoms with Crippen molar-refractivity contribution in [1.82, 2.24) is 4.90 Å². The second kappa shape index (κ2) is 5.43. The first-order valence-corrected chi connectivity index (χ1v) is 6.69. The molecule has 0 bridgehead atoms. The van der Waals surface area contributed by atoms with Crippen LogP contribution in [0.4, 0.5) is 0 Å². The van der Waals surface area contributed by atoms with Crippen molar-refractivity contribution in [2.75, 3.05) is 20.1 Å². The summed E-state index contributed by atoms with van der Waals surface area (Å²) in [6.45, 7) is 6.11. The second-order valence-corrected chi connectivity index (χ2v) is 7.23. The Bertz CT molecular complexity index is 304. The van der Waals surface area contributed by atoms with Crippen LogP contribution in [0, 0.1) is 0 Å². The summed E-state index contributed by atoms with van der Waals surface area (Å²) in [6, 6.07) is 4.28. The van der Waals surface area contributed by atoms with Crippen molar-refractivity contribution < 1.29 is 0 Å². The average molecular weight is 291 g/mol. The van der Waals surface area contributed by atoms with E-state index in [-0.39, 0.29) is 5.54 Å². The summed E-state index contributed by atoms with van der Waals surface area (Å²) in [6.07, 6.45) is 1.10. The predicted molar refractivity (Wildman–Crippen MR) is 71.5 cm³/mol. The number of hydrogen-bond donors (Lipinski definition) is 1. The largest absolute Gasteiger partial charge is 0.324 e. The monoisotopic (exact) mass is 290 g/mol. The summed E-state index contributed by atoms with van der Waals surface area (Å²) in [5.74, 6) is 0. The minimum absolute atomic E-state index is 0.106. The third-order valence-corrected chi connectivity index (χ3v) is 3.73. The zero-order valence-electron chi connectivity index (χ0n) is 9.59. The third kappa shape index (κ3) is 5.66. The molecule has 0 radical (unpaired) electrons. The summed E-state index contributed by atoms with van der Waals surface area (Å²) >= 11 is 5.28. The summed E-state index contributed by atoms with van der Waals surface area (Å²) in [5, 5.41) is 0. The highest BCUT2D eigenvalue weighted by Gasteiger charge is 2.13. The van der Waals surface area contributed by atoms with Crippen molar-refractivity contribution in [3.63, 3.8) is 0 Å². The molecule has 0 aliphatic carbocycles. The molecular formula is C11H19BrN2S. The fraction of sp³-hybridized carbons (Fsp3) is 0.636. The van der Waals surface area contributed by atoms with Gasteiger partial charge in [-0.1, -0.05) is 0 Å². The van der Waals surface area contributed by atoms with Crippen LogP contribution in [-0.2, 0) is 6.42 Å². The lowest BCUT2D eigenvalue weighted by Crippen LogP contribution is -2.44. The Morgan fingerprint density at radius 2 is 2.13 bits per heavy atom. The first-order chi connectivity index (χ1) is 6.87. The maximum absolute atomic E-state index is 5.96. The van der Waals surface area contributed by atoms with Gasteiger partial charge in [0.1, 0.15) is 0 Å². The highest BCUT2D eigenvalue weighted by Crippen LogP contribution is 2.22. The average Bonchev–Trinajstić information content (AvgIpc) is 2.45. The lowest BCUT2D eigenvalue weighted by molar-refractivity contribution is 0.273. The Morgan fingerprint density at radius 1 is 1.47 bits per heavy atom. The molecule has 1 rings (SSSR count). The van der Waals surface area contributed by atoms with Crippen LogP contribution < -0.4 is 5.73 Å². The minimum Gasteiger partial charge on any atom is -0.324 e. The summed E-state index contributed by atoms with van der Waals surface area (Å²) in [7, 11) is 2.12. The van der Waals surface area contributed by atoms with E-state index < -0.39 is 0 Å². The van der Waals surface area contributed by atoms with Crippen LogP contribution in [0.15, 0.2) is 15.9 Å². The van der Waals surface area contributed by atoms with E-state index in [0.29, 0.717) is 0 Å². The molecule has 0 unspecified atom stereocenters. The number of rotatable bonds is 5. The number of nitrogens with zero attached hydrogens (tertiary/aromatic N) is 1. The van der Waals surface area contributed by atoms with Crippen LogP contribution in [0.25, 0.3) is 0 Å². The number of thiophene rings is 1. The Balaban J connectivity index is 2.31. The molecule has 0 fully saturated rings. The van der Waals surface area contributed by atoms with Crippen molar-refractivity contribution in [3.05, 3.63) is 20.8 Å². The van der Waals surface area contributed by atoms with E-state index in [2.05, 4.69) is 53.9 Å². The molecule has 0 spiro atoms. The molecule has 0 amide bonds. The normalized spacial score (nSPS) is 12.4. The minimum atomic E-state index is -0.106. The molecule has 86 valence electrons. The maximum atomic E-state index is 5.96. The molecule has 0 saturated heterocycles. The first-order valence-electron chi connectivity index (χ1n) is 5.08. The van der Waals surface area contributed by atoms with Gasteiger partial charge in [0.15, 0.2) is 0 Å². The molecule has 2 nitrogen and oxygen atoms in total. The predicted octanol–water partition coefficient (Wildman–Crippen LogP) is 2.72. The van der Waals surface area contributed by atoms with Gasteiger partial charge >= 0.3 is 0 Å². The van der Waals surface area contributed by atoms with Crippen LogP contribution in [0.2, 0.25) is 0 Å². The van der Waals surface area contributed by atoms with Gasteiger partial charge in [-0.05, 0) is 55.4 Å². The second-order valence-electron chi connectivity index (χ2n) is 4.68. The van der Waals surface area contributed by atoms with Crippen molar-refractivity contribution in [1.29, 1.82) is 0 Å². The number of nitrogens with two attached hydrogens (primary N) is 1. The molecule has 15 heavy (non-hydrogen) atoms. The van der Waals surface area contributed by atoms with E-state index in [9.17, 15) is 0 Å². The van der Waals surface area contributed by atoms with Gasteiger partial charge in [0, 0.05) is 23.5 Å². The number of hydrogen-bond acceptors (Lipinski definition) is 3. The highest BCUT2D eigenvalue weighted by atomic mass is 79.9. The zero-order valence-corrected chi connectivity index (χ0v) is 12.0. The van der Waals surface area contributed by atoms with Gasteiger partial charge in [-0.15, -0.1) is 11.3 Å². The van der Waals surface area contributed by atoms with Crippen molar-refractivity contribution in [2.24, 2.45) is 5.73 Å². The summed E-state index contributed by atoms with van der Waals surface area (Å²) < 4.78 is 1.21. The molecule has 0 aliphatic heterocycles. The van der Waals surface area contributed by atoms with Crippen LogP contribution in [0.5, 0.6) is 0 Å². The van der Waals surface area contributed by atoms with E-state index in [1.54, 1.807) is 11.3 Å². The quantitative estimate of drug-likeness (QED) is 0.904. The first kappa shape index (κ1) is 13.2. The van der Waals surface area contributed by atoms with Crippen molar-refractivity contribution in [3.8, 4) is 0 Å². The highest BCUT2D eigenvalue weighted by molar-refractivity contribution is 9.11. The van der Waals surface area contributed by atoms with Crippen LogP contribution >= 0.6 is 27.3 Å². The zero-order chi connectivity index (χ0) is 11.5. The summed E-state index contributed by atoms with van der Waals surface area (Å²) in [4.78, 5) is 3.71. The van der Waals surface area contributed by atoms with Crippen LogP contribution in [0.3, 0.4) is 0 Å². The lowest BCUT2D eigenvalue weighted by Gasteiger charge is -2.26. The molecule has 0 aliphatic rings. The maximum Gasteiger partial charge on any atom is 0.0701 e. The van der Waals surface area contributed by atoms with Crippen molar-refractivity contribution >= 4 is 27.3 Å². The van der Waals surface area contributed by atoms with E-state index in [0.717, 1.165) is 19.5 Å². The van der Waals surface area contributed by atoms with Gasteiger partial charge < -0.3 is 10.6 Å². The molecule has 0 aromatic carbocycles. The Kier molecular flexibility index (Phi) is 4.77. The molecule has 0 atom stereocenters. The lowest BCUT2D eigenvalue weighted by atomic mass is 10.1. The SMILES string of the molecule is CN(CCc1ccc(Br)s1)CC(C)(C)N. The Hall–Kier alpha value is 0.1000. The van der Waals surface area contributed by atoms with E-state index in [4.69, 9.17) is 5.73 Å². The van der Waals surface area contributed by atoms with Crippen molar-refractivity contribution in [2.45, 2.75) is 25.8 Å². The fourth-order valence-corrected chi connectivity index (χ4v) is 3.03. The topological polar surface area (TPSA) is 29.3 Å². The molecule has 2 N–H and O–H groups in total. The summed E-state index contributed by atoms with van der Waals surface area (Å²) in [5.41, 5.74) is 5.86. The van der Waals surface area contributed by atoms with E-state index in [1.807, 2.05) is 0 Å². The van der Waals surface area contributed by atoms with Gasteiger partial charge in [0.2, 0.25) is 0 Å². The standard InChI is InChI=1S/C11H19BrN2S/c1-11(2,13)8-14(3)7-6-9-4-5-10(12)15-9/h4-5H,6-8,13H2,1-3H3. The number of likely N-dealkylation sites (N-methyl/N-ethyl adjacent to an activating group) is 1. The third-order valence-electron chi connectivity index (χ3n) is 2.05. The molecular weight excluding hydrogens is 272 g/mol. The number of halogens is 1. The van der Waals surface area contributed by atoms with Gasteiger partial charge in [-0.3, -0.25) is 0 Å². The molecule has 4 heteroatoms. The van der Waals surface area contributed by atoms with E-state index in [1.165, 1.54) is 8.66 Å². The molecule has 0 saturated carbocycles. The van der Waals surface area contributed by atoms with Gasteiger partial charge in [0.25, 0.3) is 0 Å². The smallest absolute Gasteiger partial charge is 0.0701 e. The Labute approximate surface area is 105 Å². The molecule has 1 aromatic rings. The van der Waals surface area contributed by atoms with Gasteiger partial charge in [0.05, 0.1) is 3.79 Å². The Morgan fingerprint density at radius 3 is 2.60 bits per heavy atom. The fourth-order valence-electron chi connectivity index (χ4n) is 1.56. The van der Waals surface area contributed by atoms with Crippen LogP contribution in [0.1, 0.15) is 18.7 Å². The van der Waals surface area contributed by atoms with Gasteiger partial charge in [-0.25, -0.2) is 0 Å². The molecule has 1 heterocycles.